The number of hydrogen-bond donors (Lipinski definition) is 1. The number of nitrogens with two attached hydrogens (primary N) is 1. The SMILES string of the molecule is CC(N)C(C)(C)CN(C)CCc1ccccc1. The Morgan fingerprint density at radius 1 is 1.24 bits per heavy atom. The van der Waals surface area contributed by atoms with Gasteiger partial charge in [-0.05, 0) is 31.4 Å². The van der Waals surface area contributed by atoms with Crippen LogP contribution in [0.4, 0.5) is 0 Å². The first kappa shape index (κ1) is 14.2. The molecule has 2 nitrogen and oxygen atoms in total. The van der Waals surface area contributed by atoms with E-state index in [4.69, 9.17) is 5.73 Å². The minimum atomic E-state index is 0.172. The van der Waals surface area contributed by atoms with Crippen LogP contribution in [-0.2, 0) is 6.42 Å². The average molecular weight is 234 g/mol. The van der Waals surface area contributed by atoms with E-state index in [1.54, 1.807) is 0 Å². The van der Waals surface area contributed by atoms with Gasteiger partial charge in [-0.2, -0.15) is 0 Å². The molecule has 0 spiro atoms. The van der Waals surface area contributed by atoms with Crippen LogP contribution in [0.25, 0.3) is 0 Å². The molecule has 0 heterocycles. The molecule has 1 rings (SSSR count). The third kappa shape index (κ3) is 4.88. The number of likely N-dealkylation sites (N-methyl/N-ethyl adjacent to an activating group) is 1. The maximum absolute atomic E-state index is 6.00. The van der Waals surface area contributed by atoms with Crippen LogP contribution in [0.3, 0.4) is 0 Å². The van der Waals surface area contributed by atoms with Crippen LogP contribution in [0.2, 0.25) is 0 Å². The smallest absolute Gasteiger partial charge is 0.00739 e. The van der Waals surface area contributed by atoms with Crippen molar-refractivity contribution in [2.75, 3.05) is 20.1 Å². The first-order chi connectivity index (χ1) is 7.92. The predicted molar refractivity (Wildman–Crippen MR) is 75.1 cm³/mol. The zero-order chi connectivity index (χ0) is 12.9. The van der Waals surface area contributed by atoms with E-state index in [2.05, 4.69) is 63.1 Å². The fourth-order valence-electron chi connectivity index (χ4n) is 1.88. The molecule has 0 aliphatic heterocycles. The molecule has 96 valence electrons. The fraction of sp³-hybridized carbons (Fsp3) is 0.600. The second kappa shape index (κ2) is 6.18. The standard InChI is InChI=1S/C15H26N2/c1-13(16)15(2,3)12-17(4)11-10-14-8-6-5-7-9-14/h5-9,13H,10-12,16H2,1-4H3. The summed E-state index contributed by atoms with van der Waals surface area (Å²) in [5.74, 6) is 0. The highest BCUT2D eigenvalue weighted by molar-refractivity contribution is 5.14. The highest BCUT2D eigenvalue weighted by atomic mass is 15.1. The van der Waals surface area contributed by atoms with Gasteiger partial charge in [0.05, 0.1) is 0 Å². The van der Waals surface area contributed by atoms with E-state index in [9.17, 15) is 0 Å². The van der Waals surface area contributed by atoms with Crippen molar-refractivity contribution in [1.29, 1.82) is 0 Å². The van der Waals surface area contributed by atoms with E-state index in [0.29, 0.717) is 0 Å². The molecule has 1 aromatic rings. The zero-order valence-corrected chi connectivity index (χ0v) is 11.6. The van der Waals surface area contributed by atoms with E-state index in [1.807, 2.05) is 0 Å². The molecule has 2 heteroatoms. The Bertz CT molecular complexity index is 317. The number of benzene rings is 1. The molecule has 17 heavy (non-hydrogen) atoms. The normalized spacial score (nSPS) is 14.0. The molecule has 1 aromatic carbocycles. The molecule has 0 aromatic heterocycles. The summed E-state index contributed by atoms with van der Waals surface area (Å²) in [5, 5.41) is 0. The van der Waals surface area contributed by atoms with Crippen molar-refractivity contribution >= 4 is 0 Å². The topological polar surface area (TPSA) is 29.3 Å². The van der Waals surface area contributed by atoms with Gasteiger partial charge in [0.15, 0.2) is 0 Å². The Morgan fingerprint density at radius 3 is 2.35 bits per heavy atom. The molecular weight excluding hydrogens is 208 g/mol. The average Bonchev–Trinajstić information content (AvgIpc) is 2.27. The summed E-state index contributed by atoms with van der Waals surface area (Å²) in [6.45, 7) is 8.68. The zero-order valence-electron chi connectivity index (χ0n) is 11.6. The molecule has 0 saturated carbocycles. The van der Waals surface area contributed by atoms with Gasteiger partial charge in [-0.15, -0.1) is 0 Å². The van der Waals surface area contributed by atoms with E-state index in [-0.39, 0.29) is 11.5 Å². The van der Waals surface area contributed by atoms with Crippen molar-refractivity contribution in [2.24, 2.45) is 11.1 Å². The fourth-order valence-corrected chi connectivity index (χ4v) is 1.88. The van der Waals surface area contributed by atoms with Gasteiger partial charge in [0.25, 0.3) is 0 Å². The van der Waals surface area contributed by atoms with Gasteiger partial charge in [-0.25, -0.2) is 0 Å². The molecule has 1 unspecified atom stereocenters. The van der Waals surface area contributed by atoms with Crippen LogP contribution >= 0.6 is 0 Å². The van der Waals surface area contributed by atoms with Crippen LogP contribution in [-0.4, -0.2) is 31.1 Å². The Labute approximate surface area is 106 Å². The van der Waals surface area contributed by atoms with Gasteiger partial charge < -0.3 is 10.6 Å². The molecule has 0 fully saturated rings. The lowest BCUT2D eigenvalue weighted by Gasteiger charge is -2.33. The van der Waals surface area contributed by atoms with E-state index in [1.165, 1.54) is 5.56 Å². The summed E-state index contributed by atoms with van der Waals surface area (Å²) in [6.07, 6.45) is 1.10. The summed E-state index contributed by atoms with van der Waals surface area (Å²) < 4.78 is 0. The monoisotopic (exact) mass is 234 g/mol. The number of nitrogens with zero attached hydrogens (tertiary/aromatic N) is 1. The lowest BCUT2D eigenvalue weighted by atomic mass is 9.85. The van der Waals surface area contributed by atoms with Gasteiger partial charge >= 0.3 is 0 Å². The van der Waals surface area contributed by atoms with Gasteiger partial charge in [0, 0.05) is 19.1 Å². The van der Waals surface area contributed by atoms with E-state index >= 15 is 0 Å². The summed E-state index contributed by atoms with van der Waals surface area (Å²) >= 11 is 0. The van der Waals surface area contributed by atoms with Crippen molar-refractivity contribution in [1.82, 2.24) is 4.90 Å². The highest BCUT2D eigenvalue weighted by Gasteiger charge is 2.24. The predicted octanol–water partition coefficient (Wildman–Crippen LogP) is 2.53. The second-order valence-corrected chi connectivity index (χ2v) is 5.75. The molecule has 0 bridgehead atoms. The largest absolute Gasteiger partial charge is 0.327 e. The number of rotatable bonds is 6. The number of hydrogen-bond acceptors (Lipinski definition) is 2. The molecule has 0 radical (unpaired) electrons. The van der Waals surface area contributed by atoms with Gasteiger partial charge in [-0.1, -0.05) is 44.2 Å². The van der Waals surface area contributed by atoms with Crippen molar-refractivity contribution < 1.29 is 0 Å². The third-order valence-electron chi connectivity index (χ3n) is 3.54. The third-order valence-corrected chi connectivity index (χ3v) is 3.54. The maximum Gasteiger partial charge on any atom is 0.00739 e. The van der Waals surface area contributed by atoms with Crippen LogP contribution < -0.4 is 5.73 Å². The molecule has 2 N–H and O–H groups in total. The van der Waals surface area contributed by atoms with E-state index < -0.39 is 0 Å². The first-order valence-electron chi connectivity index (χ1n) is 6.40. The Kier molecular flexibility index (Phi) is 5.16. The van der Waals surface area contributed by atoms with Crippen molar-refractivity contribution in [2.45, 2.75) is 33.2 Å². The van der Waals surface area contributed by atoms with Crippen LogP contribution in [0, 0.1) is 5.41 Å². The van der Waals surface area contributed by atoms with Crippen LogP contribution in [0.5, 0.6) is 0 Å². The molecular formula is C15H26N2. The summed E-state index contributed by atoms with van der Waals surface area (Å²) in [6, 6.07) is 10.9. The highest BCUT2D eigenvalue weighted by Crippen LogP contribution is 2.19. The summed E-state index contributed by atoms with van der Waals surface area (Å²) in [7, 11) is 2.17. The maximum atomic E-state index is 6.00. The van der Waals surface area contributed by atoms with Gasteiger partial charge in [0.2, 0.25) is 0 Å². The van der Waals surface area contributed by atoms with E-state index in [0.717, 1.165) is 19.5 Å². The quantitative estimate of drug-likeness (QED) is 0.819. The minimum absolute atomic E-state index is 0.172. The molecule has 0 saturated heterocycles. The van der Waals surface area contributed by atoms with Gasteiger partial charge in [-0.3, -0.25) is 0 Å². The molecule has 0 amide bonds. The van der Waals surface area contributed by atoms with Gasteiger partial charge in [0.1, 0.15) is 0 Å². The lowest BCUT2D eigenvalue weighted by molar-refractivity contribution is 0.185. The summed E-state index contributed by atoms with van der Waals surface area (Å²) in [5.41, 5.74) is 7.57. The van der Waals surface area contributed by atoms with Crippen molar-refractivity contribution in [3.05, 3.63) is 35.9 Å². The lowest BCUT2D eigenvalue weighted by Crippen LogP contribution is -2.43. The van der Waals surface area contributed by atoms with Crippen molar-refractivity contribution in [3.63, 3.8) is 0 Å². The Morgan fingerprint density at radius 2 is 1.82 bits per heavy atom. The Hall–Kier alpha value is -0.860. The van der Waals surface area contributed by atoms with Crippen LogP contribution in [0.1, 0.15) is 26.3 Å². The second-order valence-electron chi connectivity index (χ2n) is 5.75. The molecule has 1 atom stereocenters. The first-order valence-corrected chi connectivity index (χ1v) is 6.40. The summed E-state index contributed by atoms with van der Waals surface area (Å²) in [4.78, 5) is 2.37. The molecule has 0 aliphatic rings. The molecule has 0 aliphatic carbocycles. The van der Waals surface area contributed by atoms with Crippen LogP contribution in [0.15, 0.2) is 30.3 Å². The van der Waals surface area contributed by atoms with Crippen molar-refractivity contribution in [3.8, 4) is 0 Å². The Balaban J connectivity index is 2.38. The minimum Gasteiger partial charge on any atom is -0.327 e.